The predicted octanol–water partition coefficient (Wildman–Crippen LogP) is 3.34. The number of nitrogens with zero attached hydrogens (tertiary/aromatic N) is 4. The molecule has 6 nitrogen and oxygen atoms in total. The van der Waals surface area contributed by atoms with Gasteiger partial charge in [-0.2, -0.15) is 0 Å². The number of imidazole rings is 1. The third kappa shape index (κ3) is 2.41. The molecule has 3 heterocycles. The van der Waals surface area contributed by atoms with E-state index in [9.17, 15) is 4.79 Å². The van der Waals surface area contributed by atoms with Gasteiger partial charge in [-0.15, -0.1) is 0 Å². The number of carbonyl (C=O) groups excluding carboxylic acids is 1. The summed E-state index contributed by atoms with van der Waals surface area (Å²) >= 11 is 0. The van der Waals surface area contributed by atoms with Gasteiger partial charge in [0.05, 0.1) is 18.0 Å². The van der Waals surface area contributed by atoms with E-state index < -0.39 is 5.97 Å². The molecule has 0 N–H and O–H groups in total. The van der Waals surface area contributed by atoms with Gasteiger partial charge in [-0.25, -0.2) is 19.7 Å². The fraction of sp³-hybridized carbons (Fsp3) is 0.300. The minimum atomic E-state index is -0.416. The lowest BCUT2D eigenvalue weighted by atomic mass is 9.97. The zero-order valence-electron chi connectivity index (χ0n) is 15.3. The maximum atomic E-state index is 12.4. The van der Waals surface area contributed by atoms with Gasteiger partial charge in [0.15, 0.2) is 5.69 Å². The second kappa shape index (κ2) is 6.05. The van der Waals surface area contributed by atoms with Crippen molar-refractivity contribution in [3.8, 4) is 16.9 Å². The molecular formula is C20H20N4O2. The zero-order valence-corrected chi connectivity index (χ0v) is 15.3. The average Bonchev–Trinajstić information content (AvgIpc) is 2.91. The van der Waals surface area contributed by atoms with Crippen molar-refractivity contribution >= 4 is 5.97 Å². The van der Waals surface area contributed by atoms with Crippen LogP contribution in [0, 0.1) is 20.8 Å². The van der Waals surface area contributed by atoms with Crippen molar-refractivity contribution in [1.29, 1.82) is 0 Å². The minimum Gasteiger partial charge on any atom is -0.461 e. The van der Waals surface area contributed by atoms with Crippen LogP contribution in [0.2, 0.25) is 0 Å². The topological polar surface area (TPSA) is 69.9 Å². The maximum Gasteiger partial charge on any atom is 0.357 e. The van der Waals surface area contributed by atoms with Gasteiger partial charge in [0.1, 0.15) is 12.2 Å². The van der Waals surface area contributed by atoms with E-state index in [2.05, 4.69) is 45.5 Å². The second-order valence-corrected chi connectivity index (χ2v) is 6.53. The Labute approximate surface area is 151 Å². The van der Waals surface area contributed by atoms with Crippen LogP contribution in [0.3, 0.4) is 0 Å². The average molecular weight is 348 g/mol. The molecule has 1 aliphatic heterocycles. The molecule has 0 fully saturated rings. The van der Waals surface area contributed by atoms with E-state index in [1.807, 2.05) is 13.1 Å². The summed E-state index contributed by atoms with van der Waals surface area (Å²) in [7, 11) is 0. The van der Waals surface area contributed by atoms with Gasteiger partial charge in [0, 0.05) is 29.4 Å². The monoisotopic (exact) mass is 348 g/mol. The minimum absolute atomic E-state index is 0.309. The van der Waals surface area contributed by atoms with Crippen LogP contribution in [0.5, 0.6) is 0 Å². The smallest absolute Gasteiger partial charge is 0.357 e. The Bertz CT molecular complexity index is 1040. The molecule has 6 heteroatoms. The van der Waals surface area contributed by atoms with Crippen LogP contribution in [0.1, 0.15) is 45.6 Å². The highest BCUT2D eigenvalue weighted by atomic mass is 16.5. The van der Waals surface area contributed by atoms with Crippen LogP contribution < -0.4 is 0 Å². The number of rotatable bonds is 2. The molecule has 4 rings (SSSR count). The molecule has 1 aromatic carbocycles. The zero-order chi connectivity index (χ0) is 18.4. The van der Waals surface area contributed by atoms with Gasteiger partial charge < -0.3 is 4.74 Å². The van der Waals surface area contributed by atoms with E-state index in [-0.39, 0.29) is 0 Å². The summed E-state index contributed by atoms with van der Waals surface area (Å²) in [4.78, 5) is 25.7. The van der Waals surface area contributed by atoms with E-state index in [1.54, 1.807) is 6.92 Å². The van der Waals surface area contributed by atoms with Gasteiger partial charge in [0.25, 0.3) is 0 Å². The summed E-state index contributed by atoms with van der Waals surface area (Å²) in [6, 6.07) is 4.28. The number of ether oxygens (including phenoxy) is 1. The lowest BCUT2D eigenvalue weighted by molar-refractivity contribution is 0.0518. The lowest BCUT2D eigenvalue weighted by Gasteiger charge is -2.15. The number of aryl methyl sites for hydroxylation is 3. The molecule has 3 aromatic rings. The molecular weight excluding hydrogens is 328 g/mol. The molecule has 0 radical (unpaired) electrons. The summed E-state index contributed by atoms with van der Waals surface area (Å²) < 4.78 is 7.34. The first-order chi connectivity index (χ1) is 12.5. The quantitative estimate of drug-likeness (QED) is 0.520. The molecule has 0 bridgehead atoms. The first-order valence-electron chi connectivity index (χ1n) is 8.67. The van der Waals surface area contributed by atoms with Crippen molar-refractivity contribution in [2.45, 2.75) is 34.1 Å². The van der Waals surface area contributed by atoms with Gasteiger partial charge in [-0.05, 0) is 51.0 Å². The fourth-order valence-electron chi connectivity index (χ4n) is 3.49. The Morgan fingerprint density at radius 1 is 1.15 bits per heavy atom. The van der Waals surface area contributed by atoms with Gasteiger partial charge >= 0.3 is 5.97 Å². The molecule has 0 unspecified atom stereocenters. The molecule has 0 spiro atoms. The summed E-state index contributed by atoms with van der Waals surface area (Å²) in [5.41, 5.74) is 7.29. The fourth-order valence-corrected chi connectivity index (χ4v) is 3.49. The van der Waals surface area contributed by atoms with E-state index in [1.165, 1.54) is 17.5 Å². The molecule has 0 saturated carbocycles. The molecule has 0 saturated heterocycles. The largest absolute Gasteiger partial charge is 0.461 e. The lowest BCUT2D eigenvalue weighted by Crippen LogP contribution is -2.12. The van der Waals surface area contributed by atoms with Crippen molar-refractivity contribution in [2.75, 3.05) is 6.61 Å². The van der Waals surface area contributed by atoms with Crippen molar-refractivity contribution in [2.24, 2.45) is 0 Å². The first kappa shape index (κ1) is 16.4. The Hall–Kier alpha value is -3.02. The van der Waals surface area contributed by atoms with E-state index in [4.69, 9.17) is 4.74 Å². The Morgan fingerprint density at radius 2 is 1.92 bits per heavy atom. The second-order valence-electron chi connectivity index (χ2n) is 6.53. The van der Waals surface area contributed by atoms with Crippen molar-refractivity contribution < 1.29 is 9.53 Å². The van der Waals surface area contributed by atoms with Crippen LogP contribution in [0.25, 0.3) is 16.9 Å². The number of hydrogen-bond donors (Lipinski definition) is 0. The molecule has 132 valence electrons. The van der Waals surface area contributed by atoms with Crippen LogP contribution in [-0.4, -0.2) is 32.1 Å². The van der Waals surface area contributed by atoms with Crippen LogP contribution in [0.15, 0.2) is 24.7 Å². The number of esters is 1. The Kier molecular flexibility index (Phi) is 3.83. The highest BCUT2D eigenvalue weighted by Gasteiger charge is 2.27. The van der Waals surface area contributed by atoms with E-state index >= 15 is 0 Å². The van der Waals surface area contributed by atoms with E-state index in [0.717, 1.165) is 34.0 Å². The maximum absolute atomic E-state index is 12.4. The summed E-state index contributed by atoms with van der Waals surface area (Å²) in [5, 5.41) is 0. The predicted molar refractivity (Wildman–Crippen MR) is 97.6 cm³/mol. The highest BCUT2D eigenvalue weighted by molar-refractivity contribution is 5.92. The summed E-state index contributed by atoms with van der Waals surface area (Å²) in [5.74, 6) is 0.490. The highest BCUT2D eigenvalue weighted by Crippen LogP contribution is 2.37. The Balaban J connectivity index is 2.06. The molecule has 26 heavy (non-hydrogen) atoms. The van der Waals surface area contributed by atoms with Gasteiger partial charge in [-0.3, -0.25) is 4.57 Å². The molecule has 1 aliphatic rings. The number of benzene rings is 1. The van der Waals surface area contributed by atoms with E-state index in [0.29, 0.717) is 18.7 Å². The third-order valence-corrected chi connectivity index (χ3v) is 4.89. The normalized spacial score (nSPS) is 12.0. The molecule has 0 atom stereocenters. The Morgan fingerprint density at radius 3 is 2.69 bits per heavy atom. The molecule has 0 aliphatic carbocycles. The summed E-state index contributed by atoms with van der Waals surface area (Å²) in [6.45, 7) is 8.25. The molecule has 2 aromatic heterocycles. The van der Waals surface area contributed by atoms with Gasteiger partial charge in [-0.1, -0.05) is 0 Å². The SMILES string of the molecule is CCOC(=O)c1ncnc2c1Cc1cnc(C)n1-c1cc(C)c(C)cc1-2. The number of fused-ring (bicyclic) bond motifs is 5. The van der Waals surface area contributed by atoms with Crippen molar-refractivity contribution in [3.63, 3.8) is 0 Å². The standard InChI is InChI=1S/C20H20N4O2/c1-5-26-20(25)19-16-8-14-9-21-13(4)24(14)17-7-12(3)11(2)6-15(17)18(16)22-10-23-19/h6-7,9-10H,5,8H2,1-4H3. The first-order valence-corrected chi connectivity index (χ1v) is 8.67. The van der Waals surface area contributed by atoms with Crippen LogP contribution in [-0.2, 0) is 11.2 Å². The number of carbonyl (C=O) groups is 1. The number of hydrogen-bond acceptors (Lipinski definition) is 5. The van der Waals surface area contributed by atoms with Crippen molar-refractivity contribution in [1.82, 2.24) is 19.5 Å². The summed E-state index contributed by atoms with van der Waals surface area (Å²) in [6.07, 6.45) is 3.82. The van der Waals surface area contributed by atoms with Crippen LogP contribution in [0.4, 0.5) is 0 Å². The molecule has 0 amide bonds. The third-order valence-electron chi connectivity index (χ3n) is 4.89. The number of aromatic nitrogens is 4. The van der Waals surface area contributed by atoms with Gasteiger partial charge in [0.2, 0.25) is 0 Å². The van der Waals surface area contributed by atoms with Crippen molar-refractivity contribution in [3.05, 3.63) is 58.6 Å². The van der Waals surface area contributed by atoms with Crippen LogP contribution >= 0.6 is 0 Å².